The normalized spacial score (nSPS) is 15.7. The van der Waals surface area contributed by atoms with Crippen molar-refractivity contribution in [2.45, 2.75) is 24.7 Å². The standard InChI is InChI=1S/C13H15NO3S/c1-8(13(16)17)2-3-9-4-5-11-10(6-9)14-12(15)7-18-11/h4-6,8H,2-3,7H2,1H3,(H,14,15)(H,16,17). The van der Waals surface area contributed by atoms with E-state index in [1.54, 1.807) is 6.92 Å². The van der Waals surface area contributed by atoms with Gasteiger partial charge in [-0.3, -0.25) is 9.59 Å². The van der Waals surface area contributed by atoms with Gasteiger partial charge in [0.2, 0.25) is 5.91 Å². The van der Waals surface area contributed by atoms with Crippen LogP contribution in [-0.2, 0) is 16.0 Å². The number of anilines is 1. The zero-order chi connectivity index (χ0) is 13.1. The fourth-order valence-electron chi connectivity index (χ4n) is 1.79. The van der Waals surface area contributed by atoms with Crippen molar-refractivity contribution in [3.8, 4) is 0 Å². The first-order chi connectivity index (χ1) is 8.56. The summed E-state index contributed by atoms with van der Waals surface area (Å²) in [6.07, 6.45) is 1.32. The molecule has 1 unspecified atom stereocenters. The number of carbonyl (C=O) groups excluding carboxylic acids is 1. The molecule has 0 fully saturated rings. The van der Waals surface area contributed by atoms with Crippen LogP contribution in [-0.4, -0.2) is 22.7 Å². The molecule has 2 N–H and O–H groups in total. The Morgan fingerprint density at radius 3 is 3.06 bits per heavy atom. The van der Waals surface area contributed by atoms with Crippen LogP contribution in [0.5, 0.6) is 0 Å². The number of nitrogens with one attached hydrogen (secondary N) is 1. The third-order valence-corrected chi connectivity index (χ3v) is 4.04. The summed E-state index contributed by atoms with van der Waals surface area (Å²) in [5, 5.41) is 11.7. The largest absolute Gasteiger partial charge is 0.481 e. The second-order valence-corrected chi connectivity index (χ2v) is 5.46. The molecule has 1 amide bonds. The summed E-state index contributed by atoms with van der Waals surface area (Å²) in [5.74, 6) is -0.632. The minimum atomic E-state index is -0.767. The van der Waals surface area contributed by atoms with Crippen LogP contribution in [0.4, 0.5) is 5.69 Å². The molecular weight excluding hydrogens is 250 g/mol. The molecule has 1 aromatic carbocycles. The van der Waals surface area contributed by atoms with Gasteiger partial charge in [0.15, 0.2) is 0 Å². The topological polar surface area (TPSA) is 66.4 Å². The van der Waals surface area contributed by atoms with E-state index in [1.165, 1.54) is 11.8 Å². The maximum absolute atomic E-state index is 11.3. The molecule has 0 saturated heterocycles. The number of aliphatic carboxylic acids is 1. The monoisotopic (exact) mass is 265 g/mol. The quantitative estimate of drug-likeness (QED) is 0.877. The van der Waals surface area contributed by atoms with Gasteiger partial charge < -0.3 is 10.4 Å². The van der Waals surface area contributed by atoms with Crippen LogP contribution >= 0.6 is 11.8 Å². The second-order valence-electron chi connectivity index (χ2n) is 4.45. The highest BCUT2D eigenvalue weighted by Gasteiger charge is 2.16. The lowest BCUT2D eigenvalue weighted by atomic mass is 10.0. The number of thioether (sulfide) groups is 1. The molecule has 0 radical (unpaired) electrons. The number of hydrogen-bond acceptors (Lipinski definition) is 3. The van der Waals surface area contributed by atoms with Crippen LogP contribution in [0.25, 0.3) is 0 Å². The Kier molecular flexibility index (Phi) is 3.91. The number of amides is 1. The molecule has 96 valence electrons. The average molecular weight is 265 g/mol. The predicted octanol–water partition coefficient (Wildman–Crippen LogP) is 2.38. The van der Waals surface area contributed by atoms with Crippen molar-refractivity contribution in [2.24, 2.45) is 5.92 Å². The van der Waals surface area contributed by atoms with Crippen LogP contribution < -0.4 is 5.32 Å². The molecule has 2 rings (SSSR count). The molecule has 5 heteroatoms. The Morgan fingerprint density at radius 2 is 2.33 bits per heavy atom. The zero-order valence-corrected chi connectivity index (χ0v) is 10.9. The van der Waals surface area contributed by atoms with Gasteiger partial charge in [-0.25, -0.2) is 0 Å². The van der Waals surface area contributed by atoms with Crippen molar-refractivity contribution in [2.75, 3.05) is 11.1 Å². The lowest BCUT2D eigenvalue weighted by molar-refractivity contribution is -0.141. The highest BCUT2D eigenvalue weighted by Crippen LogP contribution is 2.32. The molecule has 1 aliphatic rings. The van der Waals surface area contributed by atoms with Gasteiger partial charge in [-0.15, -0.1) is 11.8 Å². The summed E-state index contributed by atoms with van der Waals surface area (Å²) >= 11 is 1.53. The van der Waals surface area contributed by atoms with Crippen molar-refractivity contribution in [3.05, 3.63) is 23.8 Å². The molecule has 1 aliphatic heterocycles. The summed E-state index contributed by atoms with van der Waals surface area (Å²) in [7, 11) is 0. The molecule has 0 aliphatic carbocycles. The van der Waals surface area contributed by atoms with Gasteiger partial charge in [-0.05, 0) is 30.5 Å². The molecule has 1 atom stereocenters. The molecule has 4 nitrogen and oxygen atoms in total. The number of fused-ring (bicyclic) bond motifs is 1. The summed E-state index contributed by atoms with van der Waals surface area (Å²) in [6, 6.07) is 5.92. The van der Waals surface area contributed by atoms with Gasteiger partial charge in [0.05, 0.1) is 17.4 Å². The molecular formula is C13H15NO3S. The van der Waals surface area contributed by atoms with Crippen molar-refractivity contribution in [3.63, 3.8) is 0 Å². The van der Waals surface area contributed by atoms with E-state index in [0.29, 0.717) is 18.6 Å². The van der Waals surface area contributed by atoms with Crippen molar-refractivity contribution in [1.82, 2.24) is 0 Å². The number of hydrogen-bond donors (Lipinski definition) is 2. The number of rotatable bonds is 4. The Bertz CT molecular complexity index is 487. The predicted molar refractivity (Wildman–Crippen MR) is 70.9 cm³/mol. The summed E-state index contributed by atoms with van der Waals surface area (Å²) in [6.45, 7) is 1.71. The maximum Gasteiger partial charge on any atom is 0.306 e. The molecule has 0 bridgehead atoms. The van der Waals surface area contributed by atoms with E-state index in [9.17, 15) is 9.59 Å². The summed E-state index contributed by atoms with van der Waals surface area (Å²) in [4.78, 5) is 23.1. The second kappa shape index (κ2) is 5.44. The number of benzene rings is 1. The summed E-state index contributed by atoms with van der Waals surface area (Å²) in [5.41, 5.74) is 1.90. The van der Waals surface area contributed by atoms with E-state index in [4.69, 9.17) is 5.11 Å². The van der Waals surface area contributed by atoms with Crippen molar-refractivity contribution < 1.29 is 14.7 Å². The van der Waals surface area contributed by atoms with Crippen LogP contribution in [0.15, 0.2) is 23.1 Å². The van der Waals surface area contributed by atoms with E-state index in [2.05, 4.69) is 5.32 Å². The summed E-state index contributed by atoms with van der Waals surface area (Å²) < 4.78 is 0. The van der Waals surface area contributed by atoms with Crippen LogP contribution in [0, 0.1) is 5.92 Å². The van der Waals surface area contributed by atoms with E-state index in [-0.39, 0.29) is 11.8 Å². The van der Waals surface area contributed by atoms with Gasteiger partial charge >= 0.3 is 5.97 Å². The average Bonchev–Trinajstić information content (AvgIpc) is 2.35. The first-order valence-corrected chi connectivity index (χ1v) is 6.83. The number of carboxylic acids is 1. The first kappa shape index (κ1) is 13.0. The van der Waals surface area contributed by atoms with Gasteiger partial charge in [0.25, 0.3) is 0 Å². The van der Waals surface area contributed by atoms with E-state index in [1.807, 2.05) is 18.2 Å². The molecule has 0 aromatic heterocycles. The van der Waals surface area contributed by atoms with E-state index >= 15 is 0 Å². The molecule has 0 saturated carbocycles. The lowest BCUT2D eigenvalue weighted by Gasteiger charge is -2.17. The third-order valence-electron chi connectivity index (χ3n) is 2.96. The van der Waals surface area contributed by atoms with Crippen LogP contribution in [0.2, 0.25) is 0 Å². The SMILES string of the molecule is CC(CCc1ccc2c(c1)NC(=O)CS2)C(=O)O. The molecule has 1 heterocycles. The fraction of sp³-hybridized carbons (Fsp3) is 0.385. The Labute approximate surface area is 110 Å². The van der Waals surface area contributed by atoms with Gasteiger partial charge in [0, 0.05) is 4.90 Å². The number of aryl methyl sites for hydroxylation is 1. The van der Waals surface area contributed by atoms with Gasteiger partial charge in [-0.1, -0.05) is 13.0 Å². The first-order valence-electron chi connectivity index (χ1n) is 5.84. The Hall–Kier alpha value is -1.49. The van der Waals surface area contributed by atoms with E-state index < -0.39 is 5.97 Å². The molecule has 0 spiro atoms. The minimum Gasteiger partial charge on any atom is -0.481 e. The number of carboxylic acid groups (broad SMARTS) is 1. The van der Waals surface area contributed by atoms with Gasteiger partial charge in [0.1, 0.15) is 0 Å². The Balaban J connectivity index is 2.04. The molecule has 18 heavy (non-hydrogen) atoms. The highest BCUT2D eigenvalue weighted by atomic mass is 32.2. The molecule has 1 aromatic rings. The van der Waals surface area contributed by atoms with E-state index in [0.717, 1.165) is 16.1 Å². The smallest absolute Gasteiger partial charge is 0.306 e. The van der Waals surface area contributed by atoms with Crippen LogP contribution in [0.3, 0.4) is 0 Å². The third kappa shape index (κ3) is 3.04. The van der Waals surface area contributed by atoms with Crippen molar-refractivity contribution >= 4 is 29.3 Å². The maximum atomic E-state index is 11.3. The minimum absolute atomic E-state index is 0.0172. The zero-order valence-electron chi connectivity index (χ0n) is 10.1. The van der Waals surface area contributed by atoms with Crippen molar-refractivity contribution in [1.29, 1.82) is 0 Å². The van der Waals surface area contributed by atoms with Gasteiger partial charge in [-0.2, -0.15) is 0 Å². The number of carbonyl (C=O) groups is 2. The fourth-order valence-corrected chi connectivity index (χ4v) is 2.58. The highest BCUT2D eigenvalue weighted by molar-refractivity contribution is 8.00. The lowest BCUT2D eigenvalue weighted by Crippen LogP contribution is -2.18. The Morgan fingerprint density at radius 1 is 1.56 bits per heavy atom. The van der Waals surface area contributed by atoms with Crippen LogP contribution in [0.1, 0.15) is 18.9 Å².